The normalized spacial score (nSPS) is 8.54. The summed E-state index contributed by atoms with van der Waals surface area (Å²) < 4.78 is 0. The van der Waals surface area contributed by atoms with Crippen molar-refractivity contribution in [2.24, 2.45) is 0 Å². The third kappa shape index (κ3) is 3.08. The van der Waals surface area contributed by atoms with Gasteiger partial charge in [-0.2, -0.15) is 0 Å². The maximum atomic E-state index is 10.2. The maximum absolute atomic E-state index is 10.2. The number of nitro benzene ring substituents is 1. The van der Waals surface area contributed by atoms with Crippen molar-refractivity contribution in [1.82, 2.24) is 0 Å². The van der Waals surface area contributed by atoms with Crippen LogP contribution in [0.5, 0.6) is 0 Å². The van der Waals surface area contributed by atoms with Crippen LogP contribution in [0.1, 0.15) is 5.56 Å². The van der Waals surface area contributed by atoms with E-state index >= 15 is 0 Å². The fourth-order valence-electron chi connectivity index (χ4n) is 0.773. The maximum Gasteiger partial charge on any atom is 0.269 e. The lowest BCUT2D eigenvalue weighted by atomic mass is 10.2. The number of hydrogen-bond acceptors (Lipinski definition) is 4. The number of aliphatic hydroxyl groups excluding tert-OH is 1. The Bertz CT molecular complexity index is 299. The number of nitro groups is 1. The minimum Gasteiger partial charge on any atom is -0.400 e. The number of aliphatic hydroxyl groups is 1. The highest BCUT2D eigenvalue weighted by atomic mass is 16.6. The summed E-state index contributed by atoms with van der Waals surface area (Å²) in [7, 11) is 1.00. The van der Waals surface area contributed by atoms with Crippen molar-refractivity contribution in [3.8, 4) is 0 Å². The van der Waals surface area contributed by atoms with E-state index in [0.29, 0.717) is 5.69 Å². The van der Waals surface area contributed by atoms with E-state index in [4.69, 9.17) is 10.8 Å². The fourth-order valence-corrected chi connectivity index (χ4v) is 0.773. The van der Waals surface area contributed by atoms with E-state index in [1.165, 1.54) is 18.2 Å². The summed E-state index contributed by atoms with van der Waals surface area (Å²) in [4.78, 5) is 9.79. The molecule has 0 unspecified atom stereocenters. The molecule has 1 aromatic carbocycles. The molecule has 0 radical (unpaired) electrons. The lowest BCUT2D eigenvalue weighted by molar-refractivity contribution is -0.384. The van der Waals surface area contributed by atoms with E-state index < -0.39 is 4.92 Å². The fraction of sp³-hybridized carbons (Fsp3) is 0.250. The van der Waals surface area contributed by atoms with Crippen LogP contribution < -0.4 is 5.73 Å². The van der Waals surface area contributed by atoms with Gasteiger partial charge in [0, 0.05) is 24.9 Å². The number of benzene rings is 1. The topological polar surface area (TPSA) is 89.4 Å². The first-order valence-electron chi connectivity index (χ1n) is 3.56. The molecule has 0 aliphatic rings. The van der Waals surface area contributed by atoms with Gasteiger partial charge >= 0.3 is 0 Å². The quantitative estimate of drug-likeness (QED) is 0.388. The first-order chi connectivity index (χ1) is 6.11. The highest BCUT2D eigenvalue weighted by Gasteiger charge is 2.04. The van der Waals surface area contributed by atoms with Crippen LogP contribution in [0.25, 0.3) is 0 Å². The SMILES string of the molecule is CO.Cc1cc([N+](=O)[O-])ccc1N. The molecule has 0 heterocycles. The van der Waals surface area contributed by atoms with E-state index in [9.17, 15) is 10.1 Å². The number of nitrogens with zero attached hydrogens (tertiary/aromatic N) is 1. The molecule has 0 saturated heterocycles. The molecule has 1 aromatic rings. The third-order valence-electron chi connectivity index (χ3n) is 1.46. The first-order valence-corrected chi connectivity index (χ1v) is 3.56. The van der Waals surface area contributed by atoms with Crippen molar-refractivity contribution in [2.45, 2.75) is 6.92 Å². The van der Waals surface area contributed by atoms with Crippen LogP contribution >= 0.6 is 0 Å². The summed E-state index contributed by atoms with van der Waals surface area (Å²) in [5, 5.41) is 17.2. The molecule has 1 rings (SSSR count). The van der Waals surface area contributed by atoms with E-state index in [0.717, 1.165) is 12.7 Å². The molecule has 0 saturated carbocycles. The Morgan fingerprint density at radius 3 is 2.38 bits per heavy atom. The van der Waals surface area contributed by atoms with Gasteiger partial charge in [-0.3, -0.25) is 10.1 Å². The van der Waals surface area contributed by atoms with Gasteiger partial charge in [-0.1, -0.05) is 0 Å². The Balaban J connectivity index is 0.000000671. The van der Waals surface area contributed by atoms with Crippen molar-refractivity contribution < 1.29 is 10.0 Å². The molecular weight excluding hydrogens is 172 g/mol. The number of non-ortho nitro benzene ring substituents is 1. The molecule has 0 spiro atoms. The summed E-state index contributed by atoms with van der Waals surface area (Å²) in [6, 6.07) is 4.38. The van der Waals surface area contributed by atoms with Crippen LogP contribution in [-0.2, 0) is 0 Å². The van der Waals surface area contributed by atoms with Crippen molar-refractivity contribution in [1.29, 1.82) is 0 Å². The van der Waals surface area contributed by atoms with Gasteiger partial charge < -0.3 is 10.8 Å². The minimum absolute atomic E-state index is 0.0803. The molecule has 5 heteroatoms. The van der Waals surface area contributed by atoms with Crippen molar-refractivity contribution in [2.75, 3.05) is 12.8 Å². The van der Waals surface area contributed by atoms with Gasteiger partial charge in [0.15, 0.2) is 0 Å². The van der Waals surface area contributed by atoms with Gasteiger partial charge in [0.25, 0.3) is 5.69 Å². The molecule has 0 aromatic heterocycles. The Kier molecular flexibility index (Phi) is 4.47. The van der Waals surface area contributed by atoms with Gasteiger partial charge in [-0.15, -0.1) is 0 Å². The number of rotatable bonds is 1. The zero-order valence-corrected chi connectivity index (χ0v) is 7.52. The van der Waals surface area contributed by atoms with Crippen LogP contribution in [0.2, 0.25) is 0 Å². The summed E-state index contributed by atoms with van der Waals surface area (Å²) in [6.07, 6.45) is 0. The van der Waals surface area contributed by atoms with Gasteiger partial charge in [-0.05, 0) is 18.6 Å². The van der Waals surface area contributed by atoms with Crippen molar-refractivity contribution in [3.05, 3.63) is 33.9 Å². The molecule has 0 aliphatic heterocycles. The van der Waals surface area contributed by atoms with Crippen molar-refractivity contribution >= 4 is 11.4 Å². The summed E-state index contributed by atoms with van der Waals surface area (Å²) in [5.41, 5.74) is 6.86. The predicted molar refractivity (Wildman–Crippen MR) is 50.4 cm³/mol. The number of hydrogen-bond donors (Lipinski definition) is 2. The first kappa shape index (κ1) is 11.4. The number of anilines is 1. The van der Waals surface area contributed by atoms with Crippen LogP contribution in [0, 0.1) is 17.0 Å². The largest absolute Gasteiger partial charge is 0.400 e. The summed E-state index contributed by atoms with van der Waals surface area (Å²) in [6.45, 7) is 1.74. The molecule has 0 atom stereocenters. The lowest BCUT2D eigenvalue weighted by Crippen LogP contribution is -1.92. The lowest BCUT2D eigenvalue weighted by Gasteiger charge is -1.97. The Hall–Kier alpha value is -1.62. The minimum atomic E-state index is -0.438. The number of nitrogens with two attached hydrogens (primary N) is 1. The van der Waals surface area contributed by atoms with Gasteiger partial charge in [0.05, 0.1) is 4.92 Å². The van der Waals surface area contributed by atoms with Crippen LogP contribution in [0.15, 0.2) is 18.2 Å². The Morgan fingerprint density at radius 1 is 1.46 bits per heavy atom. The molecule has 0 bridgehead atoms. The Morgan fingerprint density at radius 2 is 2.00 bits per heavy atom. The van der Waals surface area contributed by atoms with Gasteiger partial charge in [-0.25, -0.2) is 0 Å². The van der Waals surface area contributed by atoms with E-state index in [1.54, 1.807) is 6.92 Å². The highest BCUT2D eigenvalue weighted by Crippen LogP contribution is 2.17. The second-order valence-corrected chi connectivity index (χ2v) is 2.30. The molecule has 72 valence electrons. The molecule has 0 aliphatic carbocycles. The Labute approximate surface area is 76.0 Å². The molecule has 5 nitrogen and oxygen atoms in total. The zero-order chi connectivity index (χ0) is 10.4. The smallest absolute Gasteiger partial charge is 0.269 e. The van der Waals surface area contributed by atoms with Gasteiger partial charge in [0.1, 0.15) is 0 Å². The van der Waals surface area contributed by atoms with Crippen LogP contribution in [0.4, 0.5) is 11.4 Å². The van der Waals surface area contributed by atoms with E-state index in [2.05, 4.69) is 0 Å². The molecule has 0 amide bonds. The average Bonchev–Trinajstić information content (AvgIpc) is 2.13. The monoisotopic (exact) mass is 184 g/mol. The molecular formula is C8H12N2O3. The van der Waals surface area contributed by atoms with Gasteiger partial charge in [0.2, 0.25) is 0 Å². The third-order valence-corrected chi connectivity index (χ3v) is 1.46. The van der Waals surface area contributed by atoms with E-state index in [1.807, 2.05) is 0 Å². The van der Waals surface area contributed by atoms with E-state index in [-0.39, 0.29) is 5.69 Å². The predicted octanol–water partition coefficient (Wildman–Crippen LogP) is 1.09. The van der Waals surface area contributed by atoms with Crippen molar-refractivity contribution in [3.63, 3.8) is 0 Å². The molecule has 3 N–H and O–H groups in total. The second kappa shape index (κ2) is 5.10. The van der Waals surface area contributed by atoms with Crippen LogP contribution in [0.3, 0.4) is 0 Å². The number of aryl methyl sites for hydroxylation is 1. The standard InChI is InChI=1S/C7H8N2O2.CH4O/c1-5-4-6(9(10)11)2-3-7(5)8;1-2/h2-4H,8H2,1H3;2H,1H3. The highest BCUT2D eigenvalue weighted by molar-refractivity contribution is 5.51. The number of nitrogen functional groups attached to an aromatic ring is 1. The summed E-state index contributed by atoms with van der Waals surface area (Å²) >= 11 is 0. The molecule has 0 fully saturated rings. The zero-order valence-electron chi connectivity index (χ0n) is 7.52. The average molecular weight is 184 g/mol. The summed E-state index contributed by atoms with van der Waals surface area (Å²) in [5.74, 6) is 0. The van der Waals surface area contributed by atoms with Crippen LogP contribution in [-0.4, -0.2) is 17.1 Å². The second-order valence-electron chi connectivity index (χ2n) is 2.30. The molecule has 13 heavy (non-hydrogen) atoms.